The van der Waals surface area contributed by atoms with E-state index in [0.717, 1.165) is 19.3 Å². The van der Waals surface area contributed by atoms with Crippen molar-refractivity contribution in [2.75, 3.05) is 13.2 Å². The number of unbranched alkanes of at least 4 members (excludes halogenated alkanes) is 20. The lowest BCUT2D eigenvalue weighted by molar-refractivity contribution is -0.131. The van der Waals surface area contributed by atoms with Crippen LogP contribution in [0.1, 0.15) is 155 Å². The van der Waals surface area contributed by atoms with E-state index in [-0.39, 0.29) is 0 Å². The van der Waals surface area contributed by atoms with E-state index in [4.69, 9.17) is 9.84 Å². The van der Waals surface area contributed by atoms with Crippen LogP contribution in [0.5, 0.6) is 0 Å². The van der Waals surface area contributed by atoms with Crippen molar-refractivity contribution in [1.82, 2.24) is 0 Å². The summed E-state index contributed by atoms with van der Waals surface area (Å²) in [5.74, 6) is -0.981. The summed E-state index contributed by atoms with van der Waals surface area (Å²) in [5.41, 5.74) is 0. The molecule has 0 aromatic heterocycles. The van der Waals surface area contributed by atoms with Crippen LogP contribution < -0.4 is 0 Å². The summed E-state index contributed by atoms with van der Waals surface area (Å²) in [6.07, 6.45) is 32.0. The predicted molar refractivity (Wildman–Crippen MR) is 142 cm³/mol. The third-order valence-corrected chi connectivity index (χ3v) is 5.96. The highest BCUT2D eigenvalue weighted by Crippen LogP contribution is 2.12. The van der Waals surface area contributed by atoms with Crippen molar-refractivity contribution in [1.29, 1.82) is 0 Å². The molecule has 0 saturated carbocycles. The highest BCUT2D eigenvalue weighted by Gasteiger charge is 1.95. The summed E-state index contributed by atoms with van der Waals surface area (Å²) in [5, 5.41) is 7.60. The third kappa shape index (κ3) is 36.5. The Kier molecular flexibility index (Phi) is 33.7. The van der Waals surface area contributed by atoms with E-state index >= 15 is 0 Å². The monoisotopic (exact) mass is 454 g/mol. The molecule has 1 N–H and O–H groups in total. The van der Waals surface area contributed by atoms with E-state index in [1.54, 1.807) is 0 Å². The van der Waals surface area contributed by atoms with E-state index in [1.807, 2.05) is 0 Å². The average molecular weight is 455 g/mol. The zero-order valence-corrected chi connectivity index (χ0v) is 22.0. The molecule has 0 amide bonds. The van der Waals surface area contributed by atoms with Gasteiger partial charge < -0.3 is 9.84 Å². The average Bonchev–Trinajstić information content (AvgIpc) is 2.80. The van der Waals surface area contributed by atoms with Gasteiger partial charge in [-0.05, 0) is 12.8 Å². The van der Waals surface area contributed by atoms with Gasteiger partial charge in [-0.25, -0.2) is 4.79 Å². The highest BCUT2D eigenvalue weighted by molar-refractivity contribution is 5.78. The van der Waals surface area contributed by atoms with Gasteiger partial charge in [0.05, 0.1) is 0 Å². The topological polar surface area (TPSA) is 46.5 Å². The maximum atomic E-state index is 9.25. The number of carboxylic acid groups (broad SMARTS) is 1. The molecule has 3 heteroatoms. The lowest BCUT2D eigenvalue weighted by atomic mass is 10.1. The second-order valence-corrected chi connectivity index (χ2v) is 9.23. The first kappa shape index (κ1) is 33.3. The Morgan fingerprint density at radius 1 is 0.562 bits per heavy atom. The normalized spacial score (nSPS) is 10.6. The largest absolute Gasteiger partial charge is 0.478 e. The molecule has 0 unspecified atom stereocenters. The van der Waals surface area contributed by atoms with Crippen LogP contribution in [-0.2, 0) is 9.53 Å². The number of hydrogen-bond donors (Lipinski definition) is 1. The van der Waals surface area contributed by atoms with Gasteiger partial charge in [0.25, 0.3) is 0 Å². The first-order valence-electron chi connectivity index (χ1n) is 14.1. The minimum atomic E-state index is -0.981. The molecule has 0 fully saturated rings. The first-order valence-corrected chi connectivity index (χ1v) is 14.1. The fourth-order valence-corrected chi connectivity index (χ4v) is 3.84. The van der Waals surface area contributed by atoms with E-state index in [1.165, 1.54) is 141 Å². The van der Waals surface area contributed by atoms with Gasteiger partial charge in [-0.15, -0.1) is 0 Å². The van der Waals surface area contributed by atoms with Gasteiger partial charge in [0.1, 0.15) is 0 Å². The number of aliphatic carboxylic acids is 1. The van der Waals surface area contributed by atoms with E-state index in [2.05, 4.69) is 20.4 Å². The van der Waals surface area contributed by atoms with Gasteiger partial charge >= 0.3 is 5.97 Å². The molecule has 0 saturated heterocycles. The molecule has 0 aliphatic carbocycles. The Hall–Kier alpha value is -0.830. The summed E-state index contributed by atoms with van der Waals surface area (Å²) >= 11 is 0. The molecule has 0 spiro atoms. The van der Waals surface area contributed by atoms with E-state index < -0.39 is 5.97 Å². The lowest BCUT2D eigenvalue weighted by Crippen LogP contribution is -1.97. The van der Waals surface area contributed by atoms with Gasteiger partial charge in [-0.3, -0.25) is 0 Å². The van der Waals surface area contributed by atoms with Crippen molar-refractivity contribution >= 4 is 5.97 Å². The Bertz CT molecular complexity index is 330. The molecular weight excluding hydrogens is 396 g/mol. The molecule has 32 heavy (non-hydrogen) atoms. The van der Waals surface area contributed by atoms with Crippen molar-refractivity contribution in [3.05, 3.63) is 12.7 Å². The van der Waals surface area contributed by atoms with E-state index in [9.17, 15) is 4.79 Å². The number of carboxylic acids is 1. The molecule has 0 heterocycles. The maximum absolute atomic E-state index is 9.25. The first-order chi connectivity index (χ1) is 15.7. The van der Waals surface area contributed by atoms with Crippen LogP contribution in [0.4, 0.5) is 0 Å². The zero-order valence-electron chi connectivity index (χ0n) is 22.0. The lowest BCUT2D eigenvalue weighted by Gasteiger charge is -2.05. The van der Waals surface area contributed by atoms with Crippen LogP contribution in [0.15, 0.2) is 12.7 Å². The molecule has 0 aromatic rings. The summed E-state index contributed by atoms with van der Waals surface area (Å²) in [4.78, 5) is 9.25. The molecular formula is C29H58O3. The fraction of sp³-hybridized carbons (Fsp3) is 0.897. The molecule has 0 rings (SSSR count). The van der Waals surface area contributed by atoms with Crippen molar-refractivity contribution in [3.63, 3.8) is 0 Å². The smallest absolute Gasteiger partial charge is 0.327 e. The molecule has 0 aromatic carbocycles. The highest BCUT2D eigenvalue weighted by atomic mass is 16.5. The Morgan fingerprint density at radius 3 is 1.00 bits per heavy atom. The molecule has 0 aliphatic rings. The van der Waals surface area contributed by atoms with Gasteiger partial charge in [0.15, 0.2) is 0 Å². The van der Waals surface area contributed by atoms with Crippen molar-refractivity contribution in [2.45, 2.75) is 155 Å². The quantitative estimate of drug-likeness (QED) is 0.110. The van der Waals surface area contributed by atoms with Gasteiger partial charge in [-0.1, -0.05) is 149 Å². The van der Waals surface area contributed by atoms with Crippen molar-refractivity contribution < 1.29 is 14.6 Å². The maximum Gasteiger partial charge on any atom is 0.327 e. The molecule has 192 valence electrons. The Balaban J connectivity index is 0. The van der Waals surface area contributed by atoms with Gasteiger partial charge in [0.2, 0.25) is 0 Å². The van der Waals surface area contributed by atoms with Crippen LogP contribution in [0, 0.1) is 0 Å². The van der Waals surface area contributed by atoms with Gasteiger partial charge in [0, 0.05) is 19.3 Å². The molecule has 0 bridgehead atoms. The van der Waals surface area contributed by atoms with E-state index in [0.29, 0.717) is 0 Å². The summed E-state index contributed by atoms with van der Waals surface area (Å²) in [6.45, 7) is 9.54. The number of hydrogen-bond acceptors (Lipinski definition) is 2. The SMILES string of the molecule is C=CC(=O)O.CCCCCCCCCCCCCOCCCCCCCCCCCCC. The van der Waals surface area contributed by atoms with Crippen LogP contribution in [0.3, 0.4) is 0 Å². The number of rotatable bonds is 25. The van der Waals surface area contributed by atoms with Crippen LogP contribution in [0.25, 0.3) is 0 Å². The number of carbonyl (C=O) groups is 1. The Labute approximate surface area is 201 Å². The van der Waals surface area contributed by atoms with Crippen molar-refractivity contribution in [3.8, 4) is 0 Å². The summed E-state index contributed by atoms with van der Waals surface area (Å²) in [7, 11) is 0. The second kappa shape index (κ2) is 32.4. The fourth-order valence-electron chi connectivity index (χ4n) is 3.84. The van der Waals surface area contributed by atoms with Crippen molar-refractivity contribution in [2.24, 2.45) is 0 Å². The van der Waals surface area contributed by atoms with Gasteiger partial charge in [-0.2, -0.15) is 0 Å². The minimum Gasteiger partial charge on any atom is -0.478 e. The molecule has 0 atom stereocenters. The van der Waals surface area contributed by atoms with Crippen LogP contribution >= 0.6 is 0 Å². The molecule has 0 aliphatic heterocycles. The van der Waals surface area contributed by atoms with Crippen LogP contribution in [-0.4, -0.2) is 24.3 Å². The number of ether oxygens (including phenoxy) is 1. The molecule has 0 radical (unpaired) electrons. The summed E-state index contributed by atoms with van der Waals surface area (Å²) < 4.78 is 5.80. The standard InChI is InChI=1S/C26H54O.C3H4O2/c1-3-5-7-9-11-13-15-17-19-21-23-25-27-26-24-22-20-18-16-14-12-10-8-6-4-2;1-2-3(4)5/h3-26H2,1-2H3;2H,1H2,(H,4,5). The minimum absolute atomic E-state index is 0.833. The van der Waals surface area contributed by atoms with Crippen LogP contribution in [0.2, 0.25) is 0 Å². The Morgan fingerprint density at radius 2 is 0.781 bits per heavy atom. The predicted octanol–water partition coefficient (Wildman–Crippen LogP) is 9.88. The third-order valence-electron chi connectivity index (χ3n) is 5.96. The second-order valence-electron chi connectivity index (χ2n) is 9.23. The summed E-state index contributed by atoms with van der Waals surface area (Å²) in [6, 6.07) is 0. The zero-order chi connectivity index (χ0) is 24.0. The molecule has 3 nitrogen and oxygen atoms in total.